The van der Waals surface area contributed by atoms with Crippen LogP contribution >= 0.6 is 0 Å². The number of hydrogen-bond donors (Lipinski definition) is 1. The van der Waals surface area contributed by atoms with Crippen LogP contribution < -0.4 is 0 Å². The number of nitrogens with zero attached hydrogens (tertiary/aromatic N) is 4. The number of nitrogens with one attached hydrogen (secondary N) is 1. The summed E-state index contributed by atoms with van der Waals surface area (Å²) in [5.41, 5.74) is 3.40. The van der Waals surface area contributed by atoms with Crippen molar-refractivity contribution in [3.8, 4) is 11.3 Å². The molecule has 1 aliphatic rings. The zero-order chi connectivity index (χ0) is 17.8. The number of aromatic amines is 1. The molecule has 1 saturated heterocycles. The van der Waals surface area contributed by atoms with Gasteiger partial charge in [0.15, 0.2) is 0 Å². The number of likely N-dealkylation sites (tertiary alicyclic amines) is 1. The largest absolute Gasteiger partial charge is 0.337 e. The van der Waals surface area contributed by atoms with Crippen LogP contribution in [0.3, 0.4) is 0 Å². The molecule has 26 heavy (non-hydrogen) atoms. The molecule has 0 radical (unpaired) electrons. The molecule has 0 spiro atoms. The molecule has 3 aromatic rings. The predicted molar refractivity (Wildman–Crippen MR) is 98.4 cm³/mol. The second kappa shape index (κ2) is 7.47. The average molecular weight is 347 g/mol. The fourth-order valence-corrected chi connectivity index (χ4v) is 3.53. The molecule has 1 fully saturated rings. The number of amides is 1. The van der Waals surface area contributed by atoms with E-state index in [9.17, 15) is 4.79 Å². The van der Waals surface area contributed by atoms with Gasteiger partial charge in [-0.2, -0.15) is 5.10 Å². The van der Waals surface area contributed by atoms with E-state index in [-0.39, 0.29) is 5.91 Å². The molecule has 6 nitrogen and oxygen atoms in total. The Labute approximate surface area is 152 Å². The van der Waals surface area contributed by atoms with Crippen molar-refractivity contribution >= 4 is 5.91 Å². The molecule has 3 aromatic heterocycles. The summed E-state index contributed by atoms with van der Waals surface area (Å²) < 4.78 is 0. The summed E-state index contributed by atoms with van der Waals surface area (Å²) in [6.45, 7) is 1.57. The Kier molecular flexibility index (Phi) is 4.73. The molecule has 4 rings (SSSR count). The minimum atomic E-state index is 0.0172. The molecule has 6 heteroatoms. The second-order valence-electron chi connectivity index (χ2n) is 6.73. The van der Waals surface area contributed by atoms with Gasteiger partial charge in [0.2, 0.25) is 0 Å². The van der Waals surface area contributed by atoms with Crippen LogP contribution in [0.4, 0.5) is 0 Å². The molecule has 1 N–H and O–H groups in total. The Morgan fingerprint density at radius 2 is 2.04 bits per heavy atom. The van der Waals surface area contributed by atoms with E-state index in [4.69, 9.17) is 0 Å². The van der Waals surface area contributed by atoms with Crippen LogP contribution in [-0.2, 0) is 6.42 Å². The number of aromatic nitrogens is 4. The molecule has 1 aliphatic heterocycles. The van der Waals surface area contributed by atoms with Crippen molar-refractivity contribution < 1.29 is 4.79 Å². The standard InChI is InChI=1S/C20H21N5O/c26-20(19-11-18(23-24-19)17-6-2-8-22-13-17)25-9-3-5-16(14-25)10-15-4-1-7-21-12-15/h1-2,4,6-8,11-13,16H,3,5,9-10,14H2,(H,23,24)/t16-/m0/s1. The molecule has 1 atom stereocenters. The van der Waals surface area contributed by atoms with E-state index in [0.29, 0.717) is 11.6 Å². The van der Waals surface area contributed by atoms with Crippen molar-refractivity contribution in [2.75, 3.05) is 13.1 Å². The third-order valence-corrected chi connectivity index (χ3v) is 4.82. The monoisotopic (exact) mass is 347 g/mol. The van der Waals surface area contributed by atoms with Crippen LogP contribution in [0.2, 0.25) is 0 Å². The van der Waals surface area contributed by atoms with Crippen LogP contribution in [0.1, 0.15) is 28.9 Å². The Bertz CT molecular complexity index is 862. The molecular formula is C20H21N5O. The highest BCUT2D eigenvalue weighted by molar-refractivity contribution is 5.93. The lowest BCUT2D eigenvalue weighted by Crippen LogP contribution is -2.40. The smallest absolute Gasteiger partial charge is 0.271 e. The highest BCUT2D eigenvalue weighted by atomic mass is 16.2. The first-order valence-corrected chi connectivity index (χ1v) is 8.93. The molecule has 0 aliphatic carbocycles. The first-order valence-electron chi connectivity index (χ1n) is 8.93. The molecule has 1 amide bonds. The summed E-state index contributed by atoms with van der Waals surface area (Å²) in [6, 6.07) is 9.67. The molecule has 132 valence electrons. The quantitative estimate of drug-likeness (QED) is 0.787. The van der Waals surface area contributed by atoms with Gasteiger partial charge in [-0.15, -0.1) is 0 Å². The molecule has 0 unspecified atom stereocenters. The van der Waals surface area contributed by atoms with Gasteiger partial charge in [-0.1, -0.05) is 6.07 Å². The summed E-state index contributed by atoms with van der Waals surface area (Å²) in [5.74, 6) is 0.487. The summed E-state index contributed by atoms with van der Waals surface area (Å²) in [7, 11) is 0. The van der Waals surface area contributed by atoms with Gasteiger partial charge in [0.1, 0.15) is 5.69 Å². The van der Waals surface area contributed by atoms with Crippen molar-refractivity contribution in [1.82, 2.24) is 25.1 Å². The van der Waals surface area contributed by atoms with Crippen molar-refractivity contribution in [1.29, 1.82) is 0 Å². The van der Waals surface area contributed by atoms with E-state index in [1.807, 2.05) is 35.4 Å². The van der Waals surface area contributed by atoms with E-state index in [1.165, 1.54) is 5.56 Å². The van der Waals surface area contributed by atoms with Crippen molar-refractivity contribution in [3.05, 3.63) is 66.4 Å². The van der Waals surface area contributed by atoms with Crippen molar-refractivity contribution in [3.63, 3.8) is 0 Å². The summed E-state index contributed by atoms with van der Waals surface area (Å²) >= 11 is 0. The van der Waals surface area contributed by atoms with Crippen LogP contribution in [0, 0.1) is 5.92 Å². The van der Waals surface area contributed by atoms with Crippen LogP contribution in [0.25, 0.3) is 11.3 Å². The van der Waals surface area contributed by atoms with Gasteiger partial charge in [-0.25, -0.2) is 0 Å². The van der Waals surface area contributed by atoms with Gasteiger partial charge in [-0.05, 0) is 55.0 Å². The van der Waals surface area contributed by atoms with E-state index in [2.05, 4.69) is 26.2 Å². The highest BCUT2D eigenvalue weighted by Gasteiger charge is 2.26. The van der Waals surface area contributed by atoms with Gasteiger partial charge in [0.25, 0.3) is 5.91 Å². The van der Waals surface area contributed by atoms with Gasteiger partial charge < -0.3 is 4.90 Å². The Morgan fingerprint density at radius 1 is 1.19 bits per heavy atom. The minimum absolute atomic E-state index is 0.0172. The first kappa shape index (κ1) is 16.4. The van der Waals surface area contributed by atoms with E-state index >= 15 is 0 Å². The minimum Gasteiger partial charge on any atom is -0.337 e. The van der Waals surface area contributed by atoms with Crippen LogP contribution in [0.15, 0.2) is 55.1 Å². The van der Waals surface area contributed by atoms with Crippen LogP contribution in [0.5, 0.6) is 0 Å². The maximum atomic E-state index is 12.9. The average Bonchev–Trinajstić information content (AvgIpc) is 3.19. The number of carbonyl (C=O) groups excluding carboxylic acids is 1. The summed E-state index contributed by atoms with van der Waals surface area (Å²) in [4.78, 5) is 23.1. The lowest BCUT2D eigenvalue weighted by molar-refractivity contribution is 0.0667. The highest BCUT2D eigenvalue weighted by Crippen LogP contribution is 2.23. The van der Waals surface area contributed by atoms with Crippen LogP contribution in [-0.4, -0.2) is 44.1 Å². The molecule has 0 aromatic carbocycles. The van der Waals surface area contributed by atoms with E-state index < -0.39 is 0 Å². The molecular weight excluding hydrogens is 326 g/mol. The Hall–Kier alpha value is -3.02. The van der Waals surface area contributed by atoms with Crippen molar-refractivity contribution in [2.45, 2.75) is 19.3 Å². The van der Waals surface area contributed by atoms with Gasteiger partial charge >= 0.3 is 0 Å². The Morgan fingerprint density at radius 3 is 2.81 bits per heavy atom. The maximum absolute atomic E-state index is 12.9. The summed E-state index contributed by atoms with van der Waals surface area (Å²) in [5, 5.41) is 7.16. The van der Waals surface area contributed by atoms with E-state index in [0.717, 1.165) is 43.6 Å². The molecule has 0 bridgehead atoms. The molecule has 4 heterocycles. The number of hydrogen-bond acceptors (Lipinski definition) is 4. The fourth-order valence-electron chi connectivity index (χ4n) is 3.53. The normalized spacial score (nSPS) is 17.2. The Balaban J connectivity index is 1.44. The zero-order valence-corrected chi connectivity index (χ0v) is 14.5. The number of carbonyl (C=O) groups is 1. The maximum Gasteiger partial charge on any atom is 0.271 e. The van der Waals surface area contributed by atoms with Gasteiger partial charge in [-0.3, -0.25) is 19.9 Å². The van der Waals surface area contributed by atoms with E-state index in [1.54, 1.807) is 18.6 Å². The molecule has 0 saturated carbocycles. The number of rotatable bonds is 4. The lowest BCUT2D eigenvalue weighted by atomic mass is 9.92. The number of H-pyrrole nitrogens is 1. The fraction of sp³-hybridized carbons (Fsp3) is 0.300. The predicted octanol–water partition coefficient (Wildman–Crippen LogP) is 2.96. The van der Waals surface area contributed by atoms with Crippen molar-refractivity contribution in [2.24, 2.45) is 5.92 Å². The SMILES string of the molecule is O=C(c1cc(-c2cccnc2)n[nH]1)N1CCC[C@@H](Cc2cccnc2)C1. The zero-order valence-electron chi connectivity index (χ0n) is 14.5. The lowest BCUT2D eigenvalue weighted by Gasteiger charge is -2.32. The second-order valence-corrected chi connectivity index (χ2v) is 6.73. The number of piperidine rings is 1. The third kappa shape index (κ3) is 3.64. The first-order chi connectivity index (χ1) is 12.8. The van der Waals surface area contributed by atoms with Gasteiger partial charge in [0.05, 0.1) is 5.69 Å². The summed E-state index contributed by atoms with van der Waals surface area (Å²) in [6.07, 6.45) is 10.3. The third-order valence-electron chi connectivity index (χ3n) is 4.82. The van der Waals surface area contributed by atoms with Gasteiger partial charge in [0, 0.05) is 43.4 Å². The topological polar surface area (TPSA) is 74.8 Å². The number of pyridine rings is 2.